The third-order valence-corrected chi connectivity index (χ3v) is 4.61. The molecule has 0 aliphatic carbocycles. The van der Waals surface area contributed by atoms with Crippen LogP contribution >= 0.6 is 0 Å². The van der Waals surface area contributed by atoms with Crippen LogP contribution in [0.15, 0.2) is 52.5 Å². The van der Waals surface area contributed by atoms with Crippen LogP contribution in [0.2, 0.25) is 0 Å². The molecular weight excluding hydrogens is 340 g/mol. The van der Waals surface area contributed by atoms with E-state index in [-0.39, 0.29) is 4.90 Å². The van der Waals surface area contributed by atoms with Crippen molar-refractivity contribution in [2.45, 2.75) is 25.2 Å². The molecule has 0 amide bonds. The molecule has 0 aliphatic heterocycles. The van der Waals surface area contributed by atoms with Crippen LogP contribution in [0.4, 0.5) is 0 Å². The summed E-state index contributed by atoms with van der Waals surface area (Å²) in [5, 5.41) is 3.82. The molecule has 2 aromatic rings. The summed E-state index contributed by atoms with van der Waals surface area (Å²) >= 11 is 0. The zero-order chi connectivity index (χ0) is 18.3. The van der Waals surface area contributed by atoms with Gasteiger partial charge in [-0.05, 0) is 49.2 Å². The molecule has 0 heterocycles. The first-order valence-corrected chi connectivity index (χ1v) is 9.37. The molecule has 2 aromatic carbocycles. The third kappa shape index (κ3) is 5.22. The first-order valence-electron chi connectivity index (χ1n) is 7.88. The number of nitrogens with zero attached hydrogens (tertiary/aromatic N) is 1. The van der Waals surface area contributed by atoms with Crippen molar-refractivity contribution in [1.82, 2.24) is 4.83 Å². The van der Waals surface area contributed by atoms with Gasteiger partial charge in [0.2, 0.25) is 0 Å². The number of hydrogen-bond acceptors (Lipinski definition) is 5. The van der Waals surface area contributed by atoms with Crippen molar-refractivity contribution in [3.8, 4) is 11.5 Å². The van der Waals surface area contributed by atoms with Gasteiger partial charge < -0.3 is 9.47 Å². The maximum Gasteiger partial charge on any atom is 0.276 e. The summed E-state index contributed by atoms with van der Waals surface area (Å²) in [5.74, 6) is 1.21. The fourth-order valence-electron chi connectivity index (χ4n) is 2.04. The van der Waals surface area contributed by atoms with Crippen LogP contribution in [0.1, 0.15) is 24.5 Å². The molecule has 0 fully saturated rings. The van der Waals surface area contributed by atoms with Gasteiger partial charge in [-0.1, -0.05) is 24.6 Å². The van der Waals surface area contributed by atoms with Crippen LogP contribution < -0.4 is 14.3 Å². The van der Waals surface area contributed by atoms with Crippen molar-refractivity contribution in [2.75, 3.05) is 13.7 Å². The molecule has 0 aliphatic rings. The van der Waals surface area contributed by atoms with Crippen LogP contribution in [0.3, 0.4) is 0 Å². The smallest absolute Gasteiger partial charge is 0.276 e. The van der Waals surface area contributed by atoms with Crippen LogP contribution in [0, 0.1) is 6.92 Å². The normalized spacial score (nSPS) is 11.5. The summed E-state index contributed by atoms with van der Waals surface area (Å²) in [5.41, 5.74) is 1.67. The second kappa shape index (κ2) is 8.53. The zero-order valence-corrected chi connectivity index (χ0v) is 15.3. The lowest BCUT2D eigenvalue weighted by Crippen LogP contribution is -2.18. The summed E-state index contributed by atoms with van der Waals surface area (Å²) in [7, 11) is -2.14. The van der Waals surface area contributed by atoms with E-state index in [1.807, 2.05) is 13.8 Å². The number of hydrazone groups is 1. The van der Waals surface area contributed by atoms with Crippen LogP contribution in [0.5, 0.6) is 11.5 Å². The minimum atomic E-state index is -3.69. The molecule has 0 bridgehead atoms. The number of rotatable bonds is 8. The quantitative estimate of drug-likeness (QED) is 0.578. The Morgan fingerprint density at radius 2 is 1.84 bits per heavy atom. The van der Waals surface area contributed by atoms with Crippen LogP contribution in [-0.2, 0) is 10.0 Å². The topological polar surface area (TPSA) is 77.0 Å². The molecule has 0 saturated heterocycles. The Morgan fingerprint density at radius 3 is 2.48 bits per heavy atom. The molecule has 7 heteroatoms. The Morgan fingerprint density at radius 1 is 1.12 bits per heavy atom. The van der Waals surface area contributed by atoms with Gasteiger partial charge in [0.15, 0.2) is 11.5 Å². The number of nitrogens with one attached hydrogen (secondary N) is 1. The Hall–Kier alpha value is -2.54. The van der Waals surface area contributed by atoms with E-state index in [0.29, 0.717) is 23.7 Å². The molecule has 1 N–H and O–H groups in total. The highest BCUT2D eigenvalue weighted by Gasteiger charge is 2.12. The zero-order valence-electron chi connectivity index (χ0n) is 14.5. The lowest BCUT2D eigenvalue weighted by atomic mass is 10.2. The third-order valence-electron chi connectivity index (χ3n) is 3.37. The van der Waals surface area contributed by atoms with Crippen molar-refractivity contribution >= 4 is 16.2 Å². The van der Waals surface area contributed by atoms with E-state index in [2.05, 4.69) is 9.93 Å². The lowest BCUT2D eigenvalue weighted by Gasteiger charge is -2.10. The summed E-state index contributed by atoms with van der Waals surface area (Å²) in [6, 6.07) is 11.8. The van der Waals surface area contributed by atoms with E-state index in [9.17, 15) is 8.42 Å². The highest BCUT2D eigenvalue weighted by molar-refractivity contribution is 7.89. The lowest BCUT2D eigenvalue weighted by molar-refractivity contribution is 0.294. The number of sulfonamides is 1. The number of methoxy groups -OCH3 is 1. The Labute approximate surface area is 148 Å². The summed E-state index contributed by atoms with van der Waals surface area (Å²) in [4.78, 5) is 2.36. The summed E-state index contributed by atoms with van der Waals surface area (Å²) in [6.45, 7) is 4.51. The minimum absolute atomic E-state index is 0.163. The largest absolute Gasteiger partial charge is 0.493 e. The molecular formula is C18H22N2O4S. The van der Waals surface area contributed by atoms with Crippen molar-refractivity contribution < 1.29 is 17.9 Å². The minimum Gasteiger partial charge on any atom is -0.493 e. The summed E-state index contributed by atoms with van der Waals surface area (Å²) in [6.07, 6.45) is 2.31. The average molecular weight is 362 g/mol. The number of hydrogen-bond donors (Lipinski definition) is 1. The monoisotopic (exact) mass is 362 g/mol. The van der Waals surface area contributed by atoms with Gasteiger partial charge in [0.05, 0.1) is 24.8 Å². The first-order chi connectivity index (χ1) is 12.0. The fourth-order valence-corrected chi connectivity index (χ4v) is 2.83. The average Bonchev–Trinajstić information content (AvgIpc) is 2.60. The van der Waals surface area contributed by atoms with Gasteiger partial charge in [0, 0.05) is 0 Å². The van der Waals surface area contributed by atoms with Crippen molar-refractivity contribution in [1.29, 1.82) is 0 Å². The van der Waals surface area contributed by atoms with Gasteiger partial charge in [-0.25, -0.2) is 4.83 Å². The number of aryl methyl sites for hydroxylation is 1. The van der Waals surface area contributed by atoms with Gasteiger partial charge in [0.1, 0.15) is 0 Å². The van der Waals surface area contributed by atoms with Gasteiger partial charge in [-0.2, -0.15) is 13.5 Å². The van der Waals surface area contributed by atoms with E-state index in [0.717, 1.165) is 12.0 Å². The molecule has 0 radical (unpaired) electrons. The first kappa shape index (κ1) is 18.8. The molecule has 25 heavy (non-hydrogen) atoms. The fraction of sp³-hybridized carbons (Fsp3) is 0.278. The maximum absolute atomic E-state index is 12.2. The van der Waals surface area contributed by atoms with Crippen molar-refractivity contribution in [3.63, 3.8) is 0 Å². The van der Waals surface area contributed by atoms with Crippen molar-refractivity contribution in [2.24, 2.45) is 5.10 Å². The van der Waals surface area contributed by atoms with Gasteiger partial charge >= 0.3 is 0 Å². The number of ether oxygens (including phenoxy) is 2. The van der Waals surface area contributed by atoms with E-state index in [1.165, 1.54) is 18.3 Å². The molecule has 0 atom stereocenters. The van der Waals surface area contributed by atoms with Crippen molar-refractivity contribution in [3.05, 3.63) is 53.6 Å². The summed E-state index contributed by atoms with van der Waals surface area (Å²) < 4.78 is 35.2. The molecule has 0 saturated carbocycles. The predicted molar refractivity (Wildman–Crippen MR) is 97.9 cm³/mol. The Balaban J connectivity index is 2.09. The van der Waals surface area contributed by atoms with Crippen LogP contribution in [0.25, 0.3) is 0 Å². The van der Waals surface area contributed by atoms with E-state index in [1.54, 1.807) is 37.4 Å². The maximum atomic E-state index is 12.2. The highest BCUT2D eigenvalue weighted by atomic mass is 32.2. The Bertz CT molecular complexity index is 831. The predicted octanol–water partition coefficient (Wildman–Crippen LogP) is 3.10. The van der Waals surface area contributed by atoms with Gasteiger partial charge in [-0.3, -0.25) is 0 Å². The van der Waals surface area contributed by atoms with Crippen LogP contribution in [-0.4, -0.2) is 28.3 Å². The number of benzene rings is 2. The molecule has 0 aromatic heterocycles. The molecule has 0 spiro atoms. The second-order valence-electron chi connectivity index (χ2n) is 5.42. The Kier molecular flexibility index (Phi) is 6.41. The van der Waals surface area contributed by atoms with E-state index in [4.69, 9.17) is 9.47 Å². The van der Waals surface area contributed by atoms with E-state index >= 15 is 0 Å². The molecule has 2 rings (SSSR count). The van der Waals surface area contributed by atoms with Gasteiger partial charge in [-0.15, -0.1) is 0 Å². The SMILES string of the molecule is CCCOc1ccc(/C=N/NS(=O)(=O)c2ccc(C)cc2)cc1OC. The standard InChI is InChI=1S/C18H22N2O4S/c1-4-11-24-17-10-7-15(12-18(17)23-3)13-19-20-25(21,22)16-8-5-14(2)6-9-16/h5-10,12-13,20H,4,11H2,1-3H3/b19-13+. The molecule has 134 valence electrons. The van der Waals surface area contributed by atoms with E-state index < -0.39 is 10.0 Å². The highest BCUT2D eigenvalue weighted by Crippen LogP contribution is 2.27. The second-order valence-corrected chi connectivity index (χ2v) is 7.09. The molecule has 0 unspecified atom stereocenters. The van der Waals surface area contributed by atoms with Gasteiger partial charge in [0.25, 0.3) is 10.0 Å². The molecule has 6 nitrogen and oxygen atoms in total.